The first-order valence-electron chi connectivity index (χ1n) is 5.99. The number of aryl methyl sites for hydroxylation is 1. The van der Waals surface area contributed by atoms with Gasteiger partial charge in [-0.2, -0.15) is 0 Å². The van der Waals surface area contributed by atoms with Crippen molar-refractivity contribution < 1.29 is 19.1 Å². The monoisotopic (exact) mass is 351 g/mol. The Morgan fingerprint density at radius 2 is 1.86 bits per heavy atom. The third kappa shape index (κ3) is 3.46. The summed E-state index contributed by atoms with van der Waals surface area (Å²) >= 11 is 3.26. The van der Waals surface area contributed by atoms with Crippen molar-refractivity contribution in [3.05, 3.63) is 63.4 Å². The minimum atomic E-state index is -1.24. The number of hydrogen-bond acceptors (Lipinski definition) is 2. The molecule has 21 heavy (non-hydrogen) atoms. The number of halogens is 2. The van der Waals surface area contributed by atoms with Gasteiger partial charge in [0, 0.05) is 4.47 Å². The van der Waals surface area contributed by atoms with E-state index in [-0.39, 0.29) is 11.3 Å². The molecule has 2 aromatic carbocycles. The van der Waals surface area contributed by atoms with Crippen molar-refractivity contribution in [3.63, 3.8) is 0 Å². The van der Waals surface area contributed by atoms with Gasteiger partial charge in [-0.25, -0.2) is 9.18 Å². The summed E-state index contributed by atoms with van der Waals surface area (Å²) in [6.07, 6.45) is 0. The Hall–Kier alpha value is -2.21. The molecule has 0 aliphatic rings. The standard InChI is InChI=1S/C15H11BrFNO3/c1-8-2-5-12(16)11(6-8)14(19)18-13-7-9(17)3-4-10(13)15(20)21/h2-7H,1H3,(H,18,19)(H,20,21). The number of aromatic carboxylic acids is 1. The lowest BCUT2D eigenvalue weighted by atomic mass is 10.1. The zero-order chi connectivity index (χ0) is 15.6. The van der Waals surface area contributed by atoms with E-state index in [9.17, 15) is 14.0 Å². The van der Waals surface area contributed by atoms with Crippen LogP contribution in [0.15, 0.2) is 40.9 Å². The van der Waals surface area contributed by atoms with E-state index >= 15 is 0 Å². The summed E-state index contributed by atoms with van der Waals surface area (Å²) in [5.41, 5.74) is 0.964. The summed E-state index contributed by atoms with van der Waals surface area (Å²) in [4.78, 5) is 23.3. The van der Waals surface area contributed by atoms with Gasteiger partial charge in [-0.15, -0.1) is 0 Å². The van der Waals surface area contributed by atoms with Crippen LogP contribution in [0.3, 0.4) is 0 Å². The molecule has 2 N–H and O–H groups in total. The molecule has 0 aromatic heterocycles. The molecule has 0 fully saturated rings. The minimum Gasteiger partial charge on any atom is -0.478 e. The summed E-state index contributed by atoms with van der Waals surface area (Å²) in [5, 5.41) is 11.5. The van der Waals surface area contributed by atoms with Crippen molar-refractivity contribution in [2.24, 2.45) is 0 Å². The van der Waals surface area contributed by atoms with Gasteiger partial charge in [0.2, 0.25) is 0 Å². The molecule has 0 saturated heterocycles. The predicted molar refractivity (Wildman–Crippen MR) is 80.2 cm³/mol. The highest BCUT2D eigenvalue weighted by Crippen LogP contribution is 2.22. The van der Waals surface area contributed by atoms with E-state index < -0.39 is 17.7 Å². The number of hydrogen-bond donors (Lipinski definition) is 2. The van der Waals surface area contributed by atoms with Crippen LogP contribution in [0.4, 0.5) is 10.1 Å². The molecule has 1 amide bonds. The number of rotatable bonds is 3. The molecule has 0 unspecified atom stereocenters. The SMILES string of the molecule is Cc1ccc(Br)c(C(=O)Nc2cc(F)ccc2C(=O)O)c1. The molecule has 2 aromatic rings. The molecule has 6 heteroatoms. The average molecular weight is 352 g/mol. The number of carboxylic acid groups (broad SMARTS) is 1. The van der Waals surface area contributed by atoms with Crippen molar-refractivity contribution >= 4 is 33.5 Å². The number of anilines is 1. The normalized spacial score (nSPS) is 10.2. The zero-order valence-electron chi connectivity index (χ0n) is 11.0. The van der Waals surface area contributed by atoms with Gasteiger partial charge in [0.25, 0.3) is 5.91 Å². The van der Waals surface area contributed by atoms with Crippen molar-refractivity contribution in [2.45, 2.75) is 6.92 Å². The van der Waals surface area contributed by atoms with Crippen LogP contribution in [0.5, 0.6) is 0 Å². The lowest BCUT2D eigenvalue weighted by Crippen LogP contribution is -2.15. The number of carbonyl (C=O) groups is 2. The van der Waals surface area contributed by atoms with E-state index in [1.807, 2.05) is 13.0 Å². The van der Waals surface area contributed by atoms with Crippen LogP contribution in [0.25, 0.3) is 0 Å². The molecule has 0 spiro atoms. The van der Waals surface area contributed by atoms with Crippen LogP contribution >= 0.6 is 15.9 Å². The highest BCUT2D eigenvalue weighted by atomic mass is 79.9. The van der Waals surface area contributed by atoms with Crippen molar-refractivity contribution in [3.8, 4) is 0 Å². The van der Waals surface area contributed by atoms with Gasteiger partial charge in [-0.05, 0) is 53.2 Å². The van der Waals surface area contributed by atoms with Crippen molar-refractivity contribution in [1.82, 2.24) is 0 Å². The molecule has 0 saturated carbocycles. The van der Waals surface area contributed by atoms with Crippen LogP contribution in [-0.2, 0) is 0 Å². The van der Waals surface area contributed by atoms with Crippen LogP contribution in [0.2, 0.25) is 0 Å². The number of benzene rings is 2. The fourth-order valence-electron chi connectivity index (χ4n) is 1.81. The number of amides is 1. The Morgan fingerprint density at radius 3 is 2.52 bits per heavy atom. The number of carboxylic acids is 1. The van der Waals surface area contributed by atoms with Crippen LogP contribution in [0, 0.1) is 12.7 Å². The molecule has 4 nitrogen and oxygen atoms in total. The topological polar surface area (TPSA) is 66.4 Å². The Morgan fingerprint density at radius 1 is 1.14 bits per heavy atom. The molecule has 2 rings (SSSR count). The van der Waals surface area contributed by atoms with E-state index in [1.165, 1.54) is 0 Å². The van der Waals surface area contributed by atoms with Crippen LogP contribution in [-0.4, -0.2) is 17.0 Å². The first kappa shape index (κ1) is 15.2. The molecular weight excluding hydrogens is 341 g/mol. The molecular formula is C15H11BrFNO3. The molecule has 0 heterocycles. The van der Waals surface area contributed by atoms with E-state index in [1.54, 1.807) is 12.1 Å². The summed E-state index contributed by atoms with van der Waals surface area (Å²) < 4.78 is 13.8. The maximum atomic E-state index is 13.3. The minimum absolute atomic E-state index is 0.0825. The third-order valence-corrected chi connectivity index (χ3v) is 3.52. The van der Waals surface area contributed by atoms with E-state index in [4.69, 9.17) is 5.11 Å². The largest absolute Gasteiger partial charge is 0.478 e. The highest BCUT2D eigenvalue weighted by molar-refractivity contribution is 9.10. The summed E-state index contributed by atoms with van der Waals surface area (Å²) in [6.45, 7) is 1.83. The second-order valence-electron chi connectivity index (χ2n) is 4.43. The van der Waals surface area contributed by atoms with E-state index in [2.05, 4.69) is 21.2 Å². The van der Waals surface area contributed by atoms with Gasteiger partial charge in [-0.3, -0.25) is 4.79 Å². The maximum Gasteiger partial charge on any atom is 0.337 e. The second-order valence-corrected chi connectivity index (χ2v) is 5.29. The number of carbonyl (C=O) groups excluding carboxylic acids is 1. The van der Waals surface area contributed by atoms with Crippen LogP contribution in [0.1, 0.15) is 26.3 Å². The van der Waals surface area contributed by atoms with Gasteiger partial charge in [0.1, 0.15) is 5.82 Å². The first-order valence-corrected chi connectivity index (χ1v) is 6.78. The Bertz CT molecular complexity index is 731. The third-order valence-electron chi connectivity index (χ3n) is 2.83. The summed E-state index contributed by atoms with van der Waals surface area (Å²) in [7, 11) is 0. The molecule has 0 radical (unpaired) electrons. The molecule has 0 aliphatic heterocycles. The molecule has 0 atom stereocenters. The lowest BCUT2D eigenvalue weighted by Gasteiger charge is -2.10. The Kier molecular flexibility index (Phi) is 4.37. The van der Waals surface area contributed by atoms with Gasteiger partial charge in [0.05, 0.1) is 16.8 Å². The first-order chi connectivity index (χ1) is 9.88. The average Bonchev–Trinajstić information content (AvgIpc) is 2.41. The Labute approximate surface area is 128 Å². The van der Waals surface area contributed by atoms with Crippen LogP contribution < -0.4 is 5.32 Å². The van der Waals surface area contributed by atoms with Gasteiger partial charge in [0.15, 0.2) is 0 Å². The smallest absolute Gasteiger partial charge is 0.337 e. The van der Waals surface area contributed by atoms with Gasteiger partial charge >= 0.3 is 5.97 Å². The zero-order valence-corrected chi connectivity index (χ0v) is 12.6. The van der Waals surface area contributed by atoms with E-state index in [0.29, 0.717) is 10.0 Å². The molecule has 0 bridgehead atoms. The Balaban J connectivity index is 2.38. The summed E-state index contributed by atoms with van der Waals surface area (Å²) in [5.74, 6) is -2.38. The lowest BCUT2D eigenvalue weighted by molar-refractivity contribution is 0.0698. The quantitative estimate of drug-likeness (QED) is 0.882. The van der Waals surface area contributed by atoms with E-state index in [0.717, 1.165) is 23.8 Å². The van der Waals surface area contributed by atoms with Crippen molar-refractivity contribution in [2.75, 3.05) is 5.32 Å². The second kappa shape index (κ2) is 6.05. The predicted octanol–water partition coefficient (Wildman–Crippen LogP) is 3.85. The van der Waals surface area contributed by atoms with Gasteiger partial charge in [-0.1, -0.05) is 11.6 Å². The van der Waals surface area contributed by atoms with Gasteiger partial charge < -0.3 is 10.4 Å². The maximum absolute atomic E-state index is 13.3. The highest BCUT2D eigenvalue weighted by Gasteiger charge is 2.16. The molecule has 108 valence electrons. The summed E-state index contributed by atoms with van der Waals surface area (Å²) in [6, 6.07) is 8.31. The molecule has 0 aliphatic carbocycles. The number of nitrogens with one attached hydrogen (secondary N) is 1. The van der Waals surface area contributed by atoms with Crippen molar-refractivity contribution in [1.29, 1.82) is 0 Å². The fraction of sp³-hybridized carbons (Fsp3) is 0.0667. The fourth-order valence-corrected chi connectivity index (χ4v) is 2.24.